The quantitative estimate of drug-likeness (QED) is 0.793. The zero-order chi connectivity index (χ0) is 16.6. The van der Waals surface area contributed by atoms with Crippen molar-refractivity contribution in [2.75, 3.05) is 45.6 Å². The molecule has 1 unspecified atom stereocenters. The number of ether oxygens (including phenoxy) is 1. The highest BCUT2D eigenvalue weighted by Gasteiger charge is 2.52. The van der Waals surface area contributed by atoms with E-state index in [0.717, 1.165) is 32.3 Å². The van der Waals surface area contributed by atoms with Gasteiger partial charge in [0.1, 0.15) is 0 Å². The first-order valence-electron chi connectivity index (χ1n) is 8.66. The summed E-state index contributed by atoms with van der Waals surface area (Å²) >= 11 is 0. The number of hydrogen-bond donors (Lipinski definition) is 1. The van der Waals surface area contributed by atoms with Crippen LogP contribution >= 0.6 is 0 Å². The highest BCUT2D eigenvalue weighted by Crippen LogP contribution is 2.39. The SMILES string of the molecule is CS(=O)(=O)C1(C(=O)N2CCCC3(CCCOC3)C2)CCNCC1. The summed E-state index contributed by atoms with van der Waals surface area (Å²) in [7, 11) is -3.44. The molecule has 3 aliphatic rings. The molecule has 0 bridgehead atoms. The van der Waals surface area contributed by atoms with Crippen LogP contribution in [0, 0.1) is 5.41 Å². The number of carbonyl (C=O) groups is 1. The van der Waals surface area contributed by atoms with Gasteiger partial charge in [-0.25, -0.2) is 8.42 Å². The van der Waals surface area contributed by atoms with Crippen molar-refractivity contribution in [2.24, 2.45) is 5.41 Å². The van der Waals surface area contributed by atoms with Gasteiger partial charge in [-0.3, -0.25) is 4.79 Å². The Morgan fingerprint density at radius 3 is 2.43 bits per heavy atom. The molecule has 0 aliphatic carbocycles. The first-order chi connectivity index (χ1) is 10.9. The number of amides is 1. The second-order valence-electron chi connectivity index (χ2n) is 7.50. The number of likely N-dealkylation sites (tertiary alicyclic amines) is 1. The van der Waals surface area contributed by atoms with Crippen LogP contribution in [0.1, 0.15) is 38.5 Å². The van der Waals surface area contributed by atoms with E-state index in [2.05, 4.69) is 5.32 Å². The summed E-state index contributed by atoms with van der Waals surface area (Å²) in [5, 5.41) is 3.17. The molecule has 3 fully saturated rings. The average molecular weight is 344 g/mol. The normalized spacial score (nSPS) is 32.0. The summed E-state index contributed by atoms with van der Waals surface area (Å²) in [4.78, 5) is 15.0. The van der Waals surface area contributed by atoms with Gasteiger partial charge in [-0.1, -0.05) is 0 Å². The number of rotatable bonds is 2. The molecule has 7 heteroatoms. The van der Waals surface area contributed by atoms with E-state index < -0.39 is 14.6 Å². The van der Waals surface area contributed by atoms with E-state index in [-0.39, 0.29) is 11.3 Å². The van der Waals surface area contributed by atoms with Gasteiger partial charge in [0.05, 0.1) is 6.61 Å². The van der Waals surface area contributed by atoms with E-state index in [0.29, 0.717) is 45.6 Å². The Balaban J connectivity index is 1.82. The Labute approximate surface area is 138 Å². The van der Waals surface area contributed by atoms with Gasteiger partial charge >= 0.3 is 0 Å². The van der Waals surface area contributed by atoms with Crippen LogP contribution in [0.3, 0.4) is 0 Å². The molecule has 1 atom stereocenters. The van der Waals surface area contributed by atoms with Crippen LogP contribution in [0.5, 0.6) is 0 Å². The van der Waals surface area contributed by atoms with Crippen molar-refractivity contribution >= 4 is 15.7 Å². The maximum atomic E-state index is 13.2. The molecular weight excluding hydrogens is 316 g/mol. The van der Waals surface area contributed by atoms with Crippen LogP contribution in [0.4, 0.5) is 0 Å². The van der Waals surface area contributed by atoms with E-state index >= 15 is 0 Å². The number of nitrogens with zero attached hydrogens (tertiary/aromatic N) is 1. The second-order valence-corrected chi connectivity index (χ2v) is 9.83. The number of carbonyl (C=O) groups excluding carboxylic acids is 1. The minimum absolute atomic E-state index is 0.0395. The Morgan fingerprint density at radius 2 is 1.83 bits per heavy atom. The Morgan fingerprint density at radius 1 is 1.13 bits per heavy atom. The highest BCUT2D eigenvalue weighted by molar-refractivity contribution is 7.92. The topological polar surface area (TPSA) is 75.7 Å². The van der Waals surface area contributed by atoms with E-state index in [9.17, 15) is 13.2 Å². The minimum atomic E-state index is -3.44. The lowest BCUT2D eigenvalue weighted by Crippen LogP contribution is -2.61. The highest BCUT2D eigenvalue weighted by atomic mass is 32.2. The standard InChI is InChI=1S/C16H28N2O4S/c1-23(20,21)16(6-8-17-9-7-16)14(19)18-10-2-4-15(12-18)5-3-11-22-13-15/h17H,2-13H2,1H3. The van der Waals surface area contributed by atoms with E-state index in [1.54, 1.807) is 0 Å². The Hall–Kier alpha value is -0.660. The van der Waals surface area contributed by atoms with E-state index in [1.807, 2.05) is 4.90 Å². The fourth-order valence-corrected chi connectivity index (χ4v) is 5.87. The van der Waals surface area contributed by atoms with Gasteiger partial charge in [-0.05, 0) is 51.6 Å². The smallest absolute Gasteiger partial charge is 0.244 e. The average Bonchev–Trinajstić information content (AvgIpc) is 2.54. The Bertz CT molecular complexity index is 543. The van der Waals surface area contributed by atoms with Gasteiger partial charge in [0.15, 0.2) is 14.6 Å². The predicted molar refractivity (Wildman–Crippen MR) is 88.0 cm³/mol. The van der Waals surface area contributed by atoms with Gasteiger partial charge in [0.25, 0.3) is 0 Å². The van der Waals surface area contributed by atoms with Gasteiger partial charge in [-0.15, -0.1) is 0 Å². The van der Waals surface area contributed by atoms with Crippen LogP contribution in [0.15, 0.2) is 0 Å². The van der Waals surface area contributed by atoms with Crippen molar-refractivity contribution in [1.29, 1.82) is 0 Å². The van der Waals surface area contributed by atoms with Gasteiger partial charge < -0.3 is 15.0 Å². The summed E-state index contributed by atoms with van der Waals surface area (Å²) in [6.07, 6.45) is 6.10. The first-order valence-corrected chi connectivity index (χ1v) is 10.6. The third-order valence-corrected chi connectivity index (χ3v) is 7.87. The number of nitrogens with one attached hydrogen (secondary N) is 1. The van der Waals surface area contributed by atoms with E-state index in [1.165, 1.54) is 6.26 Å². The minimum Gasteiger partial charge on any atom is -0.381 e. The van der Waals surface area contributed by atoms with Gasteiger partial charge in [0, 0.05) is 31.4 Å². The lowest BCUT2D eigenvalue weighted by Gasteiger charge is -2.47. The van der Waals surface area contributed by atoms with Gasteiger partial charge in [-0.2, -0.15) is 0 Å². The van der Waals surface area contributed by atoms with Crippen LogP contribution < -0.4 is 5.32 Å². The van der Waals surface area contributed by atoms with Crippen molar-refractivity contribution < 1.29 is 17.9 Å². The number of hydrogen-bond acceptors (Lipinski definition) is 5. The molecule has 23 heavy (non-hydrogen) atoms. The van der Waals surface area contributed by atoms with Crippen molar-refractivity contribution in [3.05, 3.63) is 0 Å². The zero-order valence-electron chi connectivity index (χ0n) is 14.0. The maximum absolute atomic E-state index is 13.2. The molecule has 0 aromatic rings. The Kier molecular flexibility index (Phi) is 4.73. The molecular formula is C16H28N2O4S. The number of piperidine rings is 2. The molecule has 0 aromatic carbocycles. The predicted octanol–water partition coefficient (Wildman–Crippen LogP) is 0.572. The van der Waals surface area contributed by atoms with Gasteiger partial charge in [0.2, 0.25) is 5.91 Å². The molecule has 3 aliphatic heterocycles. The third kappa shape index (κ3) is 3.15. The molecule has 6 nitrogen and oxygen atoms in total. The molecule has 3 heterocycles. The lowest BCUT2D eigenvalue weighted by atomic mass is 9.75. The molecule has 1 spiro atoms. The van der Waals surface area contributed by atoms with Crippen molar-refractivity contribution in [3.63, 3.8) is 0 Å². The molecule has 0 aromatic heterocycles. The summed E-state index contributed by atoms with van der Waals surface area (Å²) in [6, 6.07) is 0. The van der Waals surface area contributed by atoms with Crippen molar-refractivity contribution in [2.45, 2.75) is 43.3 Å². The summed E-state index contributed by atoms with van der Waals surface area (Å²) in [5.74, 6) is -0.175. The van der Waals surface area contributed by atoms with Crippen LogP contribution in [-0.2, 0) is 19.4 Å². The fourth-order valence-electron chi connectivity index (χ4n) is 4.48. The molecule has 0 radical (unpaired) electrons. The zero-order valence-corrected chi connectivity index (χ0v) is 14.8. The molecule has 1 N–H and O–H groups in total. The molecule has 0 saturated carbocycles. The first kappa shape index (κ1) is 17.2. The summed E-state index contributed by atoms with van der Waals surface area (Å²) < 4.78 is 29.4. The molecule has 132 valence electrons. The lowest BCUT2D eigenvalue weighted by molar-refractivity contribution is -0.141. The van der Waals surface area contributed by atoms with Crippen molar-refractivity contribution in [1.82, 2.24) is 10.2 Å². The van der Waals surface area contributed by atoms with Crippen molar-refractivity contribution in [3.8, 4) is 0 Å². The molecule has 3 rings (SSSR count). The third-order valence-electron chi connectivity index (χ3n) is 5.86. The second kappa shape index (κ2) is 6.33. The van der Waals surface area contributed by atoms with Crippen LogP contribution in [0.2, 0.25) is 0 Å². The monoisotopic (exact) mass is 344 g/mol. The van der Waals surface area contributed by atoms with E-state index in [4.69, 9.17) is 4.74 Å². The summed E-state index contributed by atoms with van der Waals surface area (Å²) in [5.41, 5.74) is 0.0395. The largest absolute Gasteiger partial charge is 0.381 e. The van der Waals surface area contributed by atoms with Crippen LogP contribution in [-0.4, -0.2) is 69.6 Å². The molecule has 3 saturated heterocycles. The fraction of sp³-hybridized carbons (Fsp3) is 0.938. The maximum Gasteiger partial charge on any atom is 0.244 e. The van der Waals surface area contributed by atoms with Crippen LogP contribution in [0.25, 0.3) is 0 Å². The summed E-state index contributed by atoms with van der Waals surface area (Å²) in [6.45, 7) is 3.99. The number of sulfone groups is 1. The molecule has 1 amide bonds.